The van der Waals surface area contributed by atoms with Crippen molar-refractivity contribution in [2.24, 2.45) is 5.92 Å². The molecule has 2 unspecified atom stereocenters. The number of halogens is 1. The maximum absolute atomic E-state index is 11.4. The molecular weight excluding hydrogens is 291 g/mol. The van der Waals surface area contributed by atoms with E-state index in [1.165, 1.54) is 0 Å². The van der Waals surface area contributed by atoms with E-state index >= 15 is 0 Å². The van der Waals surface area contributed by atoms with Gasteiger partial charge >= 0.3 is 0 Å². The summed E-state index contributed by atoms with van der Waals surface area (Å²) >= 11 is 2.23. The first-order chi connectivity index (χ1) is 6.61. The van der Waals surface area contributed by atoms with Gasteiger partial charge in [-0.25, -0.2) is 0 Å². The lowest BCUT2D eigenvalue weighted by atomic mass is 9.98. The highest BCUT2D eigenvalue weighted by molar-refractivity contribution is 14.1. The molecule has 0 aromatic carbocycles. The van der Waals surface area contributed by atoms with E-state index in [2.05, 4.69) is 34.0 Å². The van der Waals surface area contributed by atoms with Gasteiger partial charge in [0.1, 0.15) is 3.42 Å². The van der Waals surface area contributed by atoms with Gasteiger partial charge in [-0.3, -0.25) is 4.79 Å². The Balaban J connectivity index is 2.58. The summed E-state index contributed by atoms with van der Waals surface area (Å²) in [4.78, 5) is 11.4. The molecule has 1 aliphatic carbocycles. The van der Waals surface area contributed by atoms with Gasteiger partial charge in [0.15, 0.2) is 0 Å². The first-order valence-corrected chi connectivity index (χ1v) is 6.01. The fraction of sp³-hybridized carbons (Fsp3) is 0.800. The average Bonchev–Trinajstić information content (AvgIpc) is 2.40. The zero-order valence-electron chi connectivity index (χ0n) is 8.35. The standard InChI is InChI=1S/C10H15IN2O/c1-13-9(14)8-3-2-5-10(11,7-12)6-4-8/h8H,2-6H2,1H3,(H,13,14). The summed E-state index contributed by atoms with van der Waals surface area (Å²) in [5.41, 5.74) is 0. The normalized spacial score (nSPS) is 32.8. The van der Waals surface area contributed by atoms with Crippen molar-refractivity contribution in [3.63, 3.8) is 0 Å². The monoisotopic (exact) mass is 306 g/mol. The highest BCUT2D eigenvalue weighted by Gasteiger charge is 2.32. The average molecular weight is 306 g/mol. The predicted octanol–water partition coefficient (Wildman–Crippen LogP) is 2.01. The molecule has 0 bridgehead atoms. The number of hydrogen-bond acceptors (Lipinski definition) is 2. The first-order valence-electron chi connectivity index (χ1n) is 4.93. The lowest BCUT2D eigenvalue weighted by Gasteiger charge is -2.16. The number of nitrogens with one attached hydrogen (secondary N) is 1. The quantitative estimate of drug-likeness (QED) is 0.458. The number of rotatable bonds is 1. The van der Waals surface area contributed by atoms with Crippen molar-refractivity contribution < 1.29 is 4.79 Å². The Labute approximate surface area is 98.4 Å². The lowest BCUT2D eigenvalue weighted by Crippen LogP contribution is -2.27. The third-order valence-electron chi connectivity index (χ3n) is 2.83. The van der Waals surface area contributed by atoms with Crippen LogP contribution in [0.5, 0.6) is 0 Å². The van der Waals surface area contributed by atoms with E-state index in [4.69, 9.17) is 5.26 Å². The Hall–Kier alpha value is -0.310. The minimum atomic E-state index is -0.236. The minimum Gasteiger partial charge on any atom is -0.359 e. The summed E-state index contributed by atoms with van der Waals surface area (Å²) in [6.45, 7) is 0. The molecule has 0 saturated heterocycles. The molecule has 1 amide bonds. The molecule has 1 rings (SSSR count). The molecular formula is C10H15IN2O. The van der Waals surface area contributed by atoms with Gasteiger partial charge in [-0.1, -0.05) is 29.0 Å². The number of carbonyl (C=O) groups excluding carboxylic acids is 1. The zero-order valence-corrected chi connectivity index (χ0v) is 10.5. The zero-order chi connectivity index (χ0) is 10.6. The van der Waals surface area contributed by atoms with E-state index in [1.807, 2.05) is 0 Å². The van der Waals surface area contributed by atoms with Crippen LogP contribution in [-0.4, -0.2) is 16.4 Å². The summed E-state index contributed by atoms with van der Waals surface area (Å²) in [5, 5.41) is 11.7. The third kappa shape index (κ3) is 2.84. The molecule has 78 valence electrons. The molecule has 0 aliphatic heterocycles. The van der Waals surface area contributed by atoms with Crippen LogP contribution < -0.4 is 5.32 Å². The summed E-state index contributed by atoms with van der Waals surface area (Å²) in [5.74, 6) is 0.244. The molecule has 2 atom stereocenters. The van der Waals surface area contributed by atoms with Gasteiger partial charge in [0.25, 0.3) is 0 Å². The number of nitriles is 1. The molecule has 0 aromatic rings. The van der Waals surface area contributed by atoms with Gasteiger partial charge in [-0.15, -0.1) is 0 Å². The molecule has 1 aliphatic rings. The molecule has 0 heterocycles. The van der Waals surface area contributed by atoms with Crippen LogP contribution in [0.25, 0.3) is 0 Å². The molecule has 1 N–H and O–H groups in total. The molecule has 3 nitrogen and oxygen atoms in total. The predicted molar refractivity (Wildman–Crippen MR) is 63.0 cm³/mol. The second-order valence-electron chi connectivity index (χ2n) is 3.82. The number of carbonyl (C=O) groups is 1. The second kappa shape index (κ2) is 4.96. The van der Waals surface area contributed by atoms with Crippen molar-refractivity contribution in [2.75, 3.05) is 7.05 Å². The highest BCUT2D eigenvalue weighted by Crippen LogP contribution is 2.36. The van der Waals surface area contributed by atoms with Crippen LogP contribution in [0.3, 0.4) is 0 Å². The van der Waals surface area contributed by atoms with E-state index in [0.717, 1.165) is 32.1 Å². The van der Waals surface area contributed by atoms with Crippen LogP contribution in [0.15, 0.2) is 0 Å². The van der Waals surface area contributed by atoms with Crippen molar-refractivity contribution in [3.05, 3.63) is 0 Å². The van der Waals surface area contributed by atoms with E-state index in [0.29, 0.717) is 0 Å². The van der Waals surface area contributed by atoms with Gasteiger partial charge in [0.05, 0.1) is 6.07 Å². The van der Waals surface area contributed by atoms with E-state index in [9.17, 15) is 4.79 Å². The molecule has 0 spiro atoms. The first kappa shape index (κ1) is 11.8. The molecule has 1 saturated carbocycles. The Morgan fingerprint density at radius 3 is 2.86 bits per heavy atom. The Bertz CT molecular complexity index is 261. The van der Waals surface area contributed by atoms with Crippen LogP contribution in [0.1, 0.15) is 32.1 Å². The smallest absolute Gasteiger partial charge is 0.222 e. The summed E-state index contributed by atoms with van der Waals surface area (Å²) in [6, 6.07) is 2.35. The van der Waals surface area contributed by atoms with Crippen LogP contribution in [0.2, 0.25) is 0 Å². The summed E-state index contributed by atoms with van der Waals surface area (Å²) < 4.78 is -0.236. The number of amides is 1. The maximum atomic E-state index is 11.4. The molecule has 0 aromatic heterocycles. The molecule has 0 radical (unpaired) electrons. The van der Waals surface area contributed by atoms with Crippen LogP contribution in [-0.2, 0) is 4.79 Å². The minimum absolute atomic E-state index is 0.116. The fourth-order valence-corrected chi connectivity index (χ4v) is 2.57. The van der Waals surface area contributed by atoms with Gasteiger partial charge in [0, 0.05) is 13.0 Å². The summed E-state index contributed by atoms with van der Waals surface area (Å²) in [7, 11) is 1.68. The van der Waals surface area contributed by atoms with Crippen molar-refractivity contribution in [1.82, 2.24) is 5.32 Å². The van der Waals surface area contributed by atoms with Gasteiger partial charge in [-0.2, -0.15) is 5.26 Å². The number of nitrogens with zero attached hydrogens (tertiary/aromatic N) is 1. The van der Waals surface area contributed by atoms with Gasteiger partial charge < -0.3 is 5.32 Å². The van der Waals surface area contributed by atoms with E-state index in [1.54, 1.807) is 7.05 Å². The second-order valence-corrected chi connectivity index (χ2v) is 5.88. The SMILES string of the molecule is CNC(=O)C1CCCC(I)(C#N)CC1. The maximum Gasteiger partial charge on any atom is 0.222 e. The molecule has 4 heteroatoms. The molecule has 1 fully saturated rings. The van der Waals surface area contributed by atoms with Crippen LogP contribution in [0.4, 0.5) is 0 Å². The van der Waals surface area contributed by atoms with Crippen LogP contribution >= 0.6 is 22.6 Å². The number of alkyl halides is 1. The van der Waals surface area contributed by atoms with Crippen molar-refractivity contribution in [1.29, 1.82) is 5.26 Å². The van der Waals surface area contributed by atoms with E-state index in [-0.39, 0.29) is 15.2 Å². The number of hydrogen-bond donors (Lipinski definition) is 1. The topological polar surface area (TPSA) is 52.9 Å². The van der Waals surface area contributed by atoms with Crippen LogP contribution in [0, 0.1) is 17.2 Å². The largest absolute Gasteiger partial charge is 0.359 e. The summed E-state index contributed by atoms with van der Waals surface area (Å²) in [6.07, 6.45) is 4.50. The molecule has 14 heavy (non-hydrogen) atoms. The van der Waals surface area contributed by atoms with Crippen molar-refractivity contribution in [3.8, 4) is 6.07 Å². The van der Waals surface area contributed by atoms with Gasteiger partial charge in [0.2, 0.25) is 5.91 Å². The lowest BCUT2D eigenvalue weighted by molar-refractivity contribution is -0.124. The van der Waals surface area contributed by atoms with Gasteiger partial charge in [-0.05, 0) is 25.7 Å². The Morgan fingerprint density at radius 2 is 2.29 bits per heavy atom. The Kier molecular flexibility index (Phi) is 4.17. The van der Waals surface area contributed by atoms with Crippen molar-refractivity contribution in [2.45, 2.75) is 35.5 Å². The van der Waals surface area contributed by atoms with E-state index < -0.39 is 0 Å². The highest BCUT2D eigenvalue weighted by atomic mass is 127. The fourth-order valence-electron chi connectivity index (χ4n) is 1.88. The third-order valence-corrected chi connectivity index (χ3v) is 4.15. The Morgan fingerprint density at radius 1 is 1.57 bits per heavy atom. The van der Waals surface area contributed by atoms with Crippen molar-refractivity contribution >= 4 is 28.5 Å².